The number of benzene rings is 2. The molecule has 0 saturated carbocycles. The molecule has 3 rings (SSSR count). The van der Waals surface area contributed by atoms with Gasteiger partial charge in [0.05, 0.1) is 17.0 Å². The fourth-order valence-corrected chi connectivity index (χ4v) is 2.58. The van der Waals surface area contributed by atoms with Gasteiger partial charge in [0.25, 0.3) is 11.5 Å². The average Bonchev–Trinajstić information content (AvgIpc) is 2.59. The number of aromatic nitrogens is 2. The number of para-hydroxylation sites is 1. The third kappa shape index (κ3) is 3.29. The first kappa shape index (κ1) is 16.2. The number of hydrogen-bond donors (Lipinski definition) is 3. The van der Waals surface area contributed by atoms with E-state index in [9.17, 15) is 14.7 Å². The summed E-state index contributed by atoms with van der Waals surface area (Å²) >= 11 is 6.01. The van der Waals surface area contributed by atoms with E-state index in [4.69, 9.17) is 11.6 Å². The predicted molar refractivity (Wildman–Crippen MR) is 91.1 cm³/mol. The summed E-state index contributed by atoms with van der Waals surface area (Å²) in [6.45, 7) is -0.0564. The normalized spacial score (nSPS) is 12.1. The van der Waals surface area contributed by atoms with E-state index >= 15 is 0 Å². The first-order valence-electron chi connectivity index (χ1n) is 7.26. The first-order chi connectivity index (χ1) is 11.6. The van der Waals surface area contributed by atoms with Crippen LogP contribution in [0.2, 0.25) is 5.02 Å². The van der Waals surface area contributed by atoms with E-state index in [2.05, 4.69) is 15.3 Å². The number of carbonyl (C=O) groups is 1. The molecule has 3 N–H and O–H groups in total. The highest BCUT2D eigenvalue weighted by Gasteiger charge is 2.15. The summed E-state index contributed by atoms with van der Waals surface area (Å²) in [6, 6.07) is 13.6. The molecule has 3 aromatic rings. The van der Waals surface area contributed by atoms with E-state index in [1.165, 1.54) is 0 Å². The second-order valence-electron chi connectivity index (χ2n) is 5.18. The van der Waals surface area contributed by atoms with Gasteiger partial charge in [0.2, 0.25) is 0 Å². The van der Waals surface area contributed by atoms with Crippen LogP contribution in [0.1, 0.15) is 22.3 Å². The number of halogens is 1. The van der Waals surface area contributed by atoms with Crippen LogP contribution in [-0.2, 0) is 0 Å². The number of amides is 1. The molecule has 0 fully saturated rings. The van der Waals surface area contributed by atoms with Gasteiger partial charge in [0, 0.05) is 17.1 Å². The van der Waals surface area contributed by atoms with Gasteiger partial charge >= 0.3 is 0 Å². The number of hydrogen-bond acceptors (Lipinski definition) is 4. The highest BCUT2D eigenvalue weighted by molar-refractivity contribution is 6.31. The quantitative estimate of drug-likeness (QED) is 0.675. The van der Waals surface area contributed by atoms with Gasteiger partial charge in [-0.25, -0.2) is 4.98 Å². The SMILES string of the molecule is O=C(NCC(O)c1ccccc1Cl)c1nc2ccccc2c(=O)[nH]1. The van der Waals surface area contributed by atoms with Crippen molar-refractivity contribution in [3.63, 3.8) is 0 Å². The van der Waals surface area contributed by atoms with Crippen LogP contribution in [-0.4, -0.2) is 27.5 Å². The Labute approximate surface area is 142 Å². The van der Waals surface area contributed by atoms with Crippen molar-refractivity contribution in [1.82, 2.24) is 15.3 Å². The fourth-order valence-electron chi connectivity index (χ4n) is 2.32. The van der Waals surface area contributed by atoms with E-state index in [0.29, 0.717) is 21.5 Å². The molecule has 0 bridgehead atoms. The minimum absolute atomic E-state index is 0.0564. The molecule has 6 nitrogen and oxygen atoms in total. The summed E-state index contributed by atoms with van der Waals surface area (Å²) < 4.78 is 0. The molecule has 0 aliphatic heterocycles. The molecule has 1 amide bonds. The molecule has 1 unspecified atom stereocenters. The van der Waals surface area contributed by atoms with Crippen molar-refractivity contribution in [2.24, 2.45) is 0 Å². The molecule has 0 radical (unpaired) electrons. The lowest BCUT2D eigenvalue weighted by Gasteiger charge is -2.13. The summed E-state index contributed by atoms with van der Waals surface area (Å²) in [7, 11) is 0. The van der Waals surface area contributed by atoms with Crippen molar-refractivity contribution in [3.8, 4) is 0 Å². The lowest BCUT2D eigenvalue weighted by atomic mass is 10.1. The van der Waals surface area contributed by atoms with Gasteiger partial charge in [0.1, 0.15) is 0 Å². The van der Waals surface area contributed by atoms with E-state index in [0.717, 1.165) is 0 Å². The molecule has 24 heavy (non-hydrogen) atoms. The fraction of sp³-hybridized carbons (Fsp3) is 0.118. The number of fused-ring (bicyclic) bond motifs is 1. The first-order valence-corrected chi connectivity index (χ1v) is 7.64. The molecule has 0 spiro atoms. The maximum atomic E-state index is 12.2. The molecule has 0 saturated heterocycles. The molecule has 1 heterocycles. The standard InChI is InChI=1S/C17H14ClN3O3/c18-12-7-3-1-5-10(12)14(22)9-19-17(24)15-20-13-8-4-2-6-11(13)16(23)21-15/h1-8,14,22H,9H2,(H,19,24)(H,20,21,23). The monoisotopic (exact) mass is 343 g/mol. The Hall–Kier alpha value is -2.70. The smallest absolute Gasteiger partial charge is 0.287 e. The number of nitrogens with one attached hydrogen (secondary N) is 2. The Balaban J connectivity index is 1.76. The van der Waals surface area contributed by atoms with Crippen LogP contribution in [0.15, 0.2) is 53.3 Å². The van der Waals surface area contributed by atoms with Crippen LogP contribution in [0.25, 0.3) is 10.9 Å². The van der Waals surface area contributed by atoms with Gasteiger partial charge in [-0.1, -0.05) is 41.9 Å². The van der Waals surface area contributed by atoms with Crippen LogP contribution >= 0.6 is 11.6 Å². The number of carbonyl (C=O) groups excluding carboxylic acids is 1. The summed E-state index contributed by atoms with van der Waals surface area (Å²) in [5.41, 5.74) is 0.551. The van der Waals surface area contributed by atoms with E-state index in [1.54, 1.807) is 48.5 Å². The van der Waals surface area contributed by atoms with Crippen molar-refractivity contribution in [2.45, 2.75) is 6.10 Å². The van der Waals surface area contributed by atoms with Gasteiger partial charge in [-0.05, 0) is 18.2 Å². The van der Waals surface area contributed by atoms with Gasteiger partial charge in [0.15, 0.2) is 5.82 Å². The second-order valence-corrected chi connectivity index (χ2v) is 5.59. The van der Waals surface area contributed by atoms with Crippen LogP contribution in [0, 0.1) is 0 Å². The minimum atomic E-state index is -0.963. The maximum absolute atomic E-state index is 12.2. The molecular formula is C17H14ClN3O3. The molecule has 7 heteroatoms. The van der Waals surface area contributed by atoms with E-state index in [1.807, 2.05) is 0 Å². The number of rotatable bonds is 4. The highest BCUT2D eigenvalue weighted by Crippen LogP contribution is 2.21. The van der Waals surface area contributed by atoms with Crippen LogP contribution < -0.4 is 10.9 Å². The maximum Gasteiger partial charge on any atom is 0.287 e. The lowest BCUT2D eigenvalue weighted by Crippen LogP contribution is -2.31. The van der Waals surface area contributed by atoms with Gasteiger partial charge < -0.3 is 15.4 Å². The molecule has 0 aliphatic carbocycles. The summed E-state index contributed by atoms with van der Waals surface area (Å²) in [6.07, 6.45) is -0.963. The van der Waals surface area contributed by atoms with Crippen LogP contribution in [0.5, 0.6) is 0 Å². The van der Waals surface area contributed by atoms with Gasteiger partial charge in [-0.3, -0.25) is 9.59 Å². The number of aromatic amines is 1. The molecule has 1 atom stereocenters. The minimum Gasteiger partial charge on any atom is -0.387 e. The zero-order chi connectivity index (χ0) is 17.1. The summed E-state index contributed by atoms with van der Waals surface area (Å²) in [5, 5.41) is 13.5. The largest absolute Gasteiger partial charge is 0.387 e. The van der Waals surface area contributed by atoms with Crippen LogP contribution in [0.3, 0.4) is 0 Å². The Bertz CT molecular complexity index is 955. The molecule has 0 aliphatic rings. The Morgan fingerprint density at radius 1 is 1.21 bits per heavy atom. The van der Waals surface area contributed by atoms with Crippen molar-refractivity contribution >= 4 is 28.4 Å². The Kier molecular flexibility index (Phi) is 4.59. The zero-order valence-electron chi connectivity index (χ0n) is 12.5. The number of aliphatic hydroxyl groups is 1. The van der Waals surface area contributed by atoms with E-state index in [-0.39, 0.29) is 12.4 Å². The van der Waals surface area contributed by atoms with Crippen LogP contribution in [0.4, 0.5) is 0 Å². The Morgan fingerprint density at radius 2 is 1.92 bits per heavy atom. The van der Waals surface area contributed by atoms with Crippen molar-refractivity contribution in [2.75, 3.05) is 6.54 Å². The van der Waals surface area contributed by atoms with Crippen molar-refractivity contribution in [1.29, 1.82) is 0 Å². The molecule has 1 aromatic heterocycles. The van der Waals surface area contributed by atoms with E-state index < -0.39 is 17.6 Å². The average molecular weight is 344 g/mol. The second kappa shape index (κ2) is 6.82. The molecule has 122 valence electrons. The highest BCUT2D eigenvalue weighted by atomic mass is 35.5. The van der Waals surface area contributed by atoms with Gasteiger partial charge in [-0.2, -0.15) is 0 Å². The number of nitrogens with zero attached hydrogens (tertiary/aromatic N) is 1. The zero-order valence-corrected chi connectivity index (χ0v) is 13.2. The van der Waals surface area contributed by atoms with Crippen molar-refractivity contribution < 1.29 is 9.90 Å². The van der Waals surface area contributed by atoms with Crippen molar-refractivity contribution in [3.05, 3.63) is 75.3 Å². The topological polar surface area (TPSA) is 95.1 Å². The lowest BCUT2D eigenvalue weighted by molar-refractivity contribution is 0.0906. The summed E-state index contributed by atoms with van der Waals surface area (Å²) in [5.74, 6) is -0.686. The molecular weight excluding hydrogens is 330 g/mol. The third-order valence-electron chi connectivity index (χ3n) is 3.55. The van der Waals surface area contributed by atoms with Gasteiger partial charge in [-0.15, -0.1) is 0 Å². The molecule has 2 aromatic carbocycles. The number of H-pyrrole nitrogens is 1. The predicted octanol–water partition coefficient (Wildman–Crippen LogP) is 2.04. The summed E-state index contributed by atoms with van der Waals surface area (Å²) in [4.78, 5) is 30.7. The third-order valence-corrected chi connectivity index (χ3v) is 3.89. The number of aliphatic hydroxyl groups excluding tert-OH is 1. The Morgan fingerprint density at radius 3 is 2.71 bits per heavy atom.